The summed E-state index contributed by atoms with van der Waals surface area (Å²) in [5.41, 5.74) is 1.13. The number of Topliss-reactive ketones (excluding diaryl/α,β-unsaturated/α-hetero) is 1. The molecule has 2 rings (SSSR count). The molecule has 96 valence electrons. The summed E-state index contributed by atoms with van der Waals surface area (Å²) in [6, 6.07) is 3.45. The van der Waals surface area contributed by atoms with Crippen molar-refractivity contribution in [3.63, 3.8) is 0 Å². The smallest absolute Gasteiger partial charge is 0.322 e. The molecule has 1 aliphatic heterocycles. The van der Waals surface area contributed by atoms with Gasteiger partial charge in [-0.3, -0.25) is 9.59 Å². The Hall–Kier alpha value is -1.71. The second kappa shape index (κ2) is 4.52. The number of pyridine rings is 1. The Labute approximate surface area is 106 Å². The Bertz CT molecular complexity index is 506. The maximum absolute atomic E-state index is 12.3. The van der Waals surface area contributed by atoms with Gasteiger partial charge in [0.25, 0.3) is 0 Å². The summed E-state index contributed by atoms with van der Waals surface area (Å²) in [5.74, 6) is -0.986. The Kier molecular flexibility index (Phi) is 3.20. The first kappa shape index (κ1) is 12.7. The molecule has 4 nitrogen and oxygen atoms in total. The molecule has 0 spiro atoms. The fourth-order valence-corrected chi connectivity index (χ4v) is 2.04. The van der Waals surface area contributed by atoms with Crippen molar-refractivity contribution in [3.8, 4) is 5.75 Å². The van der Waals surface area contributed by atoms with Crippen LogP contribution in [0.4, 0.5) is 0 Å². The van der Waals surface area contributed by atoms with Gasteiger partial charge < -0.3 is 4.74 Å². The van der Waals surface area contributed by atoms with Crippen molar-refractivity contribution in [1.82, 2.24) is 4.98 Å². The number of nitrogens with zero attached hydrogens (tertiary/aromatic N) is 1. The van der Waals surface area contributed by atoms with E-state index in [4.69, 9.17) is 4.74 Å². The molecule has 0 radical (unpaired) electrons. The molecule has 0 N–H and O–H groups in total. The predicted molar refractivity (Wildman–Crippen MR) is 66.6 cm³/mol. The van der Waals surface area contributed by atoms with Gasteiger partial charge in [-0.05, 0) is 24.0 Å². The van der Waals surface area contributed by atoms with E-state index in [9.17, 15) is 9.59 Å². The number of hydrogen-bond acceptors (Lipinski definition) is 4. The van der Waals surface area contributed by atoms with Gasteiger partial charge in [0.1, 0.15) is 11.6 Å². The Balaban J connectivity index is 2.48. The zero-order valence-corrected chi connectivity index (χ0v) is 11.1. The highest BCUT2D eigenvalue weighted by Crippen LogP contribution is 2.31. The van der Waals surface area contributed by atoms with Gasteiger partial charge in [0.2, 0.25) is 0 Å². The van der Waals surface area contributed by atoms with Gasteiger partial charge in [-0.15, -0.1) is 0 Å². The summed E-state index contributed by atoms with van der Waals surface area (Å²) in [7, 11) is 0. The molecule has 1 aliphatic rings. The van der Waals surface area contributed by atoms with Crippen LogP contribution in [0.1, 0.15) is 49.8 Å². The van der Waals surface area contributed by atoms with Gasteiger partial charge in [-0.25, -0.2) is 4.98 Å². The molecule has 0 aliphatic carbocycles. The van der Waals surface area contributed by atoms with Crippen LogP contribution in [0.15, 0.2) is 12.1 Å². The zero-order chi connectivity index (χ0) is 13.4. The van der Waals surface area contributed by atoms with E-state index >= 15 is 0 Å². The molecule has 1 atom stereocenters. The Morgan fingerprint density at radius 2 is 1.83 bits per heavy atom. The number of esters is 1. The normalized spacial score (nSPS) is 19.1. The zero-order valence-electron chi connectivity index (χ0n) is 11.1. The van der Waals surface area contributed by atoms with Crippen molar-refractivity contribution in [3.05, 3.63) is 23.5 Å². The van der Waals surface area contributed by atoms with Crippen molar-refractivity contribution < 1.29 is 14.3 Å². The van der Waals surface area contributed by atoms with E-state index in [0.29, 0.717) is 5.69 Å². The van der Waals surface area contributed by atoms with Crippen LogP contribution in [0.5, 0.6) is 5.75 Å². The summed E-state index contributed by atoms with van der Waals surface area (Å²) in [5, 5.41) is 0. The Morgan fingerprint density at radius 3 is 2.39 bits per heavy atom. The highest BCUT2D eigenvalue weighted by atomic mass is 16.5. The second-order valence-electron chi connectivity index (χ2n) is 5.24. The van der Waals surface area contributed by atoms with Gasteiger partial charge in [0, 0.05) is 5.69 Å². The molecule has 1 unspecified atom stereocenters. The van der Waals surface area contributed by atoms with Gasteiger partial charge >= 0.3 is 5.97 Å². The van der Waals surface area contributed by atoms with Crippen molar-refractivity contribution >= 4 is 11.8 Å². The molecule has 0 aromatic carbocycles. The lowest BCUT2D eigenvalue weighted by Crippen LogP contribution is -2.37. The minimum absolute atomic E-state index is 0.0809. The molecular formula is C14H17NO3. The van der Waals surface area contributed by atoms with Gasteiger partial charge in [-0.1, -0.05) is 27.7 Å². The van der Waals surface area contributed by atoms with E-state index in [-0.39, 0.29) is 23.4 Å². The maximum Gasteiger partial charge on any atom is 0.322 e. The molecule has 0 saturated heterocycles. The quantitative estimate of drug-likeness (QED) is 0.595. The average molecular weight is 247 g/mol. The van der Waals surface area contributed by atoms with Gasteiger partial charge in [-0.2, -0.15) is 0 Å². The third kappa shape index (κ3) is 2.03. The molecule has 2 heterocycles. The summed E-state index contributed by atoms with van der Waals surface area (Å²) < 4.78 is 5.19. The standard InChI is InChI=1S/C14H17NO3/c1-7(2)9-5-6-10-12(15-9)13(16)11(8(3)4)14(17)18-10/h5-8,11H,1-4H3. The van der Waals surface area contributed by atoms with Crippen molar-refractivity contribution in [1.29, 1.82) is 0 Å². The molecule has 0 amide bonds. The predicted octanol–water partition coefficient (Wildman–Crippen LogP) is 2.58. The average Bonchev–Trinajstić information content (AvgIpc) is 2.27. The number of aromatic nitrogens is 1. The molecule has 0 fully saturated rings. The number of ether oxygens (including phenoxy) is 1. The van der Waals surface area contributed by atoms with E-state index in [1.54, 1.807) is 12.1 Å². The molecule has 18 heavy (non-hydrogen) atoms. The number of fused-ring (bicyclic) bond motifs is 1. The van der Waals surface area contributed by atoms with Crippen LogP contribution in [0.25, 0.3) is 0 Å². The third-order valence-electron chi connectivity index (χ3n) is 3.12. The number of rotatable bonds is 2. The number of carbonyl (C=O) groups excluding carboxylic acids is 2. The lowest BCUT2D eigenvalue weighted by molar-refractivity contribution is -0.139. The highest BCUT2D eigenvalue weighted by molar-refractivity contribution is 6.12. The first-order valence-electron chi connectivity index (χ1n) is 6.18. The van der Waals surface area contributed by atoms with Gasteiger partial charge in [0.05, 0.1) is 0 Å². The molecule has 1 aromatic heterocycles. The first-order chi connectivity index (χ1) is 8.41. The molecule has 0 bridgehead atoms. The van der Waals surface area contributed by atoms with Crippen LogP contribution in [0, 0.1) is 11.8 Å². The third-order valence-corrected chi connectivity index (χ3v) is 3.12. The first-order valence-corrected chi connectivity index (χ1v) is 6.18. The summed E-state index contributed by atoms with van der Waals surface area (Å²) >= 11 is 0. The molecular weight excluding hydrogens is 230 g/mol. The van der Waals surface area contributed by atoms with E-state index in [0.717, 1.165) is 5.69 Å². The van der Waals surface area contributed by atoms with E-state index in [2.05, 4.69) is 4.98 Å². The van der Waals surface area contributed by atoms with Crippen molar-refractivity contribution in [2.45, 2.75) is 33.6 Å². The topological polar surface area (TPSA) is 56.3 Å². The lowest BCUT2D eigenvalue weighted by atomic mass is 9.88. The fraction of sp³-hybridized carbons (Fsp3) is 0.500. The number of hydrogen-bond donors (Lipinski definition) is 0. The van der Waals surface area contributed by atoms with Crippen molar-refractivity contribution in [2.24, 2.45) is 11.8 Å². The van der Waals surface area contributed by atoms with Crippen LogP contribution >= 0.6 is 0 Å². The van der Waals surface area contributed by atoms with Crippen LogP contribution in [0.2, 0.25) is 0 Å². The minimum Gasteiger partial charge on any atom is -0.424 e. The molecule has 4 heteroatoms. The summed E-state index contributed by atoms with van der Waals surface area (Å²) in [6.07, 6.45) is 0. The summed E-state index contributed by atoms with van der Waals surface area (Å²) in [6.45, 7) is 7.68. The van der Waals surface area contributed by atoms with E-state index < -0.39 is 11.9 Å². The van der Waals surface area contributed by atoms with Crippen LogP contribution in [-0.4, -0.2) is 16.7 Å². The minimum atomic E-state index is -0.729. The Morgan fingerprint density at radius 1 is 1.17 bits per heavy atom. The summed E-state index contributed by atoms with van der Waals surface area (Å²) in [4.78, 5) is 28.4. The highest BCUT2D eigenvalue weighted by Gasteiger charge is 2.39. The maximum atomic E-state index is 12.3. The van der Waals surface area contributed by atoms with Crippen LogP contribution in [0.3, 0.4) is 0 Å². The monoisotopic (exact) mass is 247 g/mol. The number of carbonyl (C=O) groups is 2. The molecule has 0 saturated carbocycles. The van der Waals surface area contributed by atoms with E-state index in [1.807, 2.05) is 27.7 Å². The van der Waals surface area contributed by atoms with Crippen LogP contribution in [-0.2, 0) is 4.79 Å². The van der Waals surface area contributed by atoms with Crippen molar-refractivity contribution in [2.75, 3.05) is 0 Å². The lowest BCUT2D eigenvalue weighted by Gasteiger charge is -2.24. The SMILES string of the molecule is CC(C)c1ccc2c(n1)C(=O)C(C(C)C)C(=O)O2. The number of ketones is 1. The fourth-order valence-electron chi connectivity index (χ4n) is 2.04. The largest absolute Gasteiger partial charge is 0.424 e. The molecule has 1 aromatic rings. The van der Waals surface area contributed by atoms with Gasteiger partial charge in [0.15, 0.2) is 11.5 Å². The van der Waals surface area contributed by atoms with Crippen LogP contribution < -0.4 is 4.74 Å². The van der Waals surface area contributed by atoms with E-state index in [1.165, 1.54) is 0 Å². The second-order valence-corrected chi connectivity index (χ2v) is 5.24.